The molecule has 1 fully saturated rings. The van der Waals surface area contributed by atoms with E-state index in [-0.39, 0.29) is 11.9 Å². The lowest BCUT2D eigenvalue weighted by atomic mass is 10.0. The lowest BCUT2D eigenvalue weighted by molar-refractivity contribution is -0.121. The molecule has 3 heterocycles. The average Bonchev–Trinajstić information content (AvgIpc) is 3.17. The number of nitrogens with one attached hydrogen (secondary N) is 1. The number of thiophene rings is 1. The van der Waals surface area contributed by atoms with Crippen LogP contribution < -0.4 is 10.2 Å². The number of carbonyl (C=O) groups is 1. The largest absolute Gasteiger partial charge is 0.367 e. The van der Waals surface area contributed by atoms with Crippen LogP contribution in [-0.2, 0) is 18.3 Å². The number of rotatable bonds is 5. The highest BCUT2D eigenvalue weighted by Gasteiger charge is 2.22. The summed E-state index contributed by atoms with van der Waals surface area (Å²) in [5.74, 6) is 0.157. The van der Waals surface area contributed by atoms with Gasteiger partial charge in [0.05, 0.1) is 11.9 Å². The SMILES string of the molecule is Cn1cc(N2CCCC(NC(=O)CCc3ccsc3)C2)cn1. The molecule has 2 aromatic heterocycles. The van der Waals surface area contributed by atoms with Crippen molar-refractivity contribution in [2.24, 2.45) is 7.05 Å². The van der Waals surface area contributed by atoms with Gasteiger partial charge in [0, 0.05) is 38.8 Å². The molecule has 1 amide bonds. The van der Waals surface area contributed by atoms with E-state index in [4.69, 9.17) is 0 Å². The Morgan fingerprint density at radius 2 is 2.45 bits per heavy atom. The molecule has 0 aromatic carbocycles. The topological polar surface area (TPSA) is 50.2 Å². The monoisotopic (exact) mass is 318 g/mol. The number of carbonyl (C=O) groups excluding carboxylic acids is 1. The summed E-state index contributed by atoms with van der Waals surface area (Å²) in [5.41, 5.74) is 2.39. The van der Waals surface area contributed by atoms with Gasteiger partial charge in [-0.05, 0) is 41.7 Å². The van der Waals surface area contributed by atoms with Crippen molar-refractivity contribution in [3.8, 4) is 0 Å². The predicted octanol–water partition coefficient (Wildman–Crippen LogP) is 2.20. The van der Waals surface area contributed by atoms with Crippen molar-refractivity contribution < 1.29 is 4.79 Å². The molecule has 1 aliphatic rings. The molecule has 0 saturated carbocycles. The predicted molar refractivity (Wildman–Crippen MR) is 89.2 cm³/mol. The Morgan fingerprint density at radius 3 is 3.18 bits per heavy atom. The Bertz CT molecular complexity index is 607. The van der Waals surface area contributed by atoms with Crippen molar-refractivity contribution in [3.63, 3.8) is 0 Å². The molecule has 1 atom stereocenters. The maximum absolute atomic E-state index is 12.1. The van der Waals surface area contributed by atoms with E-state index >= 15 is 0 Å². The van der Waals surface area contributed by atoms with Crippen LogP contribution in [0.1, 0.15) is 24.8 Å². The van der Waals surface area contributed by atoms with Crippen molar-refractivity contribution >= 4 is 22.9 Å². The molecule has 1 saturated heterocycles. The van der Waals surface area contributed by atoms with Gasteiger partial charge >= 0.3 is 0 Å². The first-order chi connectivity index (χ1) is 10.7. The van der Waals surface area contributed by atoms with Crippen molar-refractivity contribution in [3.05, 3.63) is 34.8 Å². The lowest BCUT2D eigenvalue weighted by Crippen LogP contribution is -2.47. The van der Waals surface area contributed by atoms with E-state index < -0.39 is 0 Å². The number of aryl methyl sites for hydroxylation is 2. The standard InChI is InChI=1S/C16H22N4OS/c1-19-11-15(9-17-19)20-7-2-3-14(10-20)18-16(21)5-4-13-6-8-22-12-13/h6,8-9,11-12,14H,2-5,7,10H2,1H3,(H,18,21). The molecular formula is C16H22N4OS. The van der Waals surface area contributed by atoms with E-state index in [1.165, 1.54) is 5.56 Å². The molecule has 0 bridgehead atoms. The fourth-order valence-corrected chi connectivity index (χ4v) is 3.60. The van der Waals surface area contributed by atoms with Crippen molar-refractivity contribution in [1.82, 2.24) is 15.1 Å². The first-order valence-corrected chi connectivity index (χ1v) is 8.69. The highest BCUT2D eigenvalue weighted by Crippen LogP contribution is 2.19. The zero-order valence-electron chi connectivity index (χ0n) is 12.9. The Kier molecular flexibility index (Phi) is 4.77. The average molecular weight is 318 g/mol. The molecule has 0 spiro atoms. The molecule has 1 unspecified atom stereocenters. The number of piperidine rings is 1. The smallest absolute Gasteiger partial charge is 0.220 e. The third-order valence-corrected chi connectivity index (χ3v) is 4.80. The fourth-order valence-electron chi connectivity index (χ4n) is 2.89. The van der Waals surface area contributed by atoms with Crippen molar-refractivity contribution in [1.29, 1.82) is 0 Å². The lowest BCUT2D eigenvalue weighted by Gasteiger charge is -2.33. The normalized spacial score (nSPS) is 18.4. The third kappa shape index (κ3) is 3.88. The summed E-state index contributed by atoms with van der Waals surface area (Å²) in [5, 5.41) is 11.6. The maximum atomic E-state index is 12.1. The number of anilines is 1. The van der Waals surface area contributed by atoms with Crippen LogP contribution in [0.15, 0.2) is 29.2 Å². The molecule has 0 radical (unpaired) electrons. The van der Waals surface area contributed by atoms with E-state index in [1.807, 2.05) is 24.1 Å². The summed E-state index contributed by atoms with van der Waals surface area (Å²) in [6.45, 7) is 1.91. The first kappa shape index (κ1) is 15.1. The summed E-state index contributed by atoms with van der Waals surface area (Å²) in [4.78, 5) is 14.4. The number of hydrogen-bond donors (Lipinski definition) is 1. The van der Waals surface area contributed by atoms with Crippen molar-refractivity contribution in [2.45, 2.75) is 31.7 Å². The Hall–Kier alpha value is -1.82. The molecule has 2 aromatic rings. The summed E-state index contributed by atoms with van der Waals surface area (Å²) in [7, 11) is 1.93. The molecule has 6 heteroatoms. The zero-order chi connectivity index (χ0) is 15.4. The van der Waals surface area contributed by atoms with Gasteiger partial charge in [0.15, 0.2) is 0 Å². The number of nitrogens with zero attached hydrogens (tertiary/aromatic N) is 3. The van der Waals surface area contributed by atoms with Crippen LogP contribution in [0.3, 0.4) is 0 Å². The summed E-state index contributed by atoms with van der Waals surface area (Å²) < 4.78 is 1.82. The minimum absolute atomic E-state index is 0.157. The molecular weight excluding hydrogens is 296 g/mol. The van der Waals surface area contributed by atoms with Crippen LogP contribution in [0.25, 0.3) is 0 Å². The highest BCUT2D eigenvalue weighted by molar-refractivity contribution is 7.07. The molecule has 5 nitrogen and oxygen atoms in total. The highest BCUT2D eigenvalue weighted by atomic mass is 32.1. The molecule has 118 valence electrons. The summed E-state index contributed by atoms with van der Waals surface area (Å²) in [6.07, 6.45) is 7.47. The Morgan fingerprint density at radius 1 is 1.55 bits per heavy atom. The zero-order valence-corrected chi connectivity index (χ0v) is 13.7. The van der Waals surface area contributed by atoms with Crippen LogP contribution >= 0.6 is 11.3 Å². The molecule has 22 heavy (non-hydrogen) atoms. The summed E-state index contributed by atoms with van der Waals surface area (Å²) >= 11 is 1.68. The van der Waals surface area contributed by atoms with Gasteiger partial charge in [0.2, 0.25) is 5.91 Å². The van der Waals surface area contributed by atoms with Crippen LogP contribution in [0.4, 0.5) is 5.69 Å². The third-order valence-electron chi connectivity index (χ3n) is 4.06. The Balaban J connectivity index is 1.48. The van der Waals surface area contributed by atoms with Gasteiger partial charge in [-0.1, -0.05) is 0 Å². The van der Waals surface area contributed by atoms with Crippen LogP contribution in [-0.4, -0.2) is 34.8 Å². The quantitative estimate of drug-likeness (QED) is 0.919. The molecule has 3 rings (SSSR count). The maximum Gasteiger partial charge on any atom is 0.220 e. The van der Waals surface area contributed by atoms with Gasteiger partial charge in [-0.15, -0.1) is 0 Å². The van der Waals surface area contributed by atoms with E-state index in [9.17, 15) is 4.79 Å². The number of aromatic nitrogens is 2. The van der Waals surface area contributed by atoms with Crippen molar-refractivity contribution in [2.75, 3.05) is 18.0 Å². The van der Waals surface area contributed by atoms with E-state index in [0.717, 1.165) is 38.0 Å². The van der Waals surface area contributed by atoms with E-state index in [1.54, 1.807) is 11.3 Å². The van der Waals surface area contributed by atoms with Gasteiger partial charge in [0.1, 0.15) is 0 Å². The van der Waals surface area contributed by atoms with Gasteiger partial charge in [0.25, 0.3) is 0 Å². The molecule has 1 N–H and O–H groups in total. The second-order valence-corrected chi connectivity index (χ2v) is 6.64. The van der Waals surface area contributed by atoms with E-state index in [0.29, 0.717) is 6.42 Å². The van der Waals surface area contributed by atoms with Crippen LogP contribution in [0.5, 0.6) is 0 Å². The van der Waals surface area contributed by atoms with Gasteiger partial charge < -0.3 is 10.2 Å². The van der Waals surface area contributed by atoms with Crippen LogP contribution in [0.2, 0.25) is 0 Å². The number of amides is 1. The Labute approximate surface area is 134 Å². The summed E-state index contributed by atoms with van der Waals surface area (Å²) in [6, 6.07) is 2.33. The minimum Gasteiger partial charge on any atom is -0.367 e. The first-order valence-electron chi connectivity index (χ1n) is 7.75. The number of hydrogen-bond acceptors (Lipinski definition) is 4. The van der Waals surface area contributed by atoms with Gasteiger partial charge in [-0.3, -0.25) is 9.48 Å². The fraction of sp³-hybridized carbons (Fsp3) is 0.500. The molecule has 0 aliphatic carbocycles. The van der Waals surface area contributed by atoms with Crippen LogP contribution in [0, 0.1) is 0 Å². The van der Waals surface area contributed by atoms with Gasteiger partial charge in [-0.25, -0.2) is 0 Å². The minimum atomic E-state index is 0.157. The second-order valence-electron chi connectivity index (χ2n) is 5.86. The van der Waals surface area contributed by atoms with E-state index in [2.05, 4.69) is 32.1 Å². The molecule has 1 aliphatic heterocycles. The second kappa shape index (κ2) is 6.96. The van der Waals surface area contributed by atoms with Gasteiger partial charge in [-0.2, -0.15) is 16.4 Å².